The maximum absolute atomic E-state index is 5.73. The fourth-order valence-electron chi connectivity index (χ4n) is 1.32. The highest BCUT2D eigenvalue weighted by Crippen LogP contribution is 2.28. The summed E-state index contributed by atoms with van der Waals surface area (Å²) in [4.78, 5) is 5.58. The van der Waals surface area contributed by atoms with Gasteiger partial charge < -0.3 is 5.73 Å². The van der Waals surface area contributed by atoms with E-state index in [9.17, 15) is 0 Å². The van der Waals surface area contributed by atoms with E-state index in [1.807, 2.05) is 11.6 Å². The van der Waals surface area contributed by atoms with Gasteiger partial charge in [-0.05, 0) is 0 Å². The predicted octanol–water partition coefficient (Wildman–Crippen LogP) is 2.35. The van der Waals surface area contributed by atoms with Crippen molar-refractivity contribution in [2.45, 2.75) is 30.7 Å². The highest BCUT2D eigenvalue weighted by molar-refractivity contribution is 7.99. The Morgan fingerprint density at radius 3 is 3.07 bits per heavy atom. The molecular formula is C9H13N3S2. The van der Waals surface area contributed by atoms with Gasteiger partial charge in [0.2, 0.25) is 0 Å². The van der Waals surface area contributed by atoms with E-state index in [-0.39, 0.29) is 0 Å². The smallest absolute Gasteiger partial charge is 0.194 e. The van der Waals surface area contributed by atoms with E-state index in [2.05, 4.69) is 23.2 Å². The van der Waals surface area contributed by atoms with Crippen LogP contribution in [0.15, 0.2) is 16.6 Å². The Labute approximate surface area is 91.3 Å². The maximum atomic E-state index is 5.73. The molecular weight excluding hydrogens is 214 g/mol. The van der Waals surface area contributed by atoms with Crippen molar-refractivity contribution in [3.05, 3.63) is 17.3 Å². The number of thioether (sulfide) groups is 1. The third-order valence-corrected chi connectivity index (χ3v) is 3.64. The number of nitrogens with two attached hydrogens (primary N) is 1. The molecule has 0 fully saturated rings. The molecule has 0 saturated carbocycles. The molecule has 0 aromatic carbocycles. The van der Waals surface area contributed by atoms with Crippen LogP contribution in [-0.4, -0.2) is 14.6 Å². The molecule has 0 bridgehead atoms. The molecule has 0 atom stereocenters. The molecule has 0 saturated heterocycles. The first-order valence-electron chi connectivity index (χ1n) is 4.53. The first-order chi connectivity index (χ1) is 6.72. The fraction of sp³-hybridized carbons (Fsp3) is 0.444. The van der Waals surface area contributed by atoms with Gasteiger partial charge in [0.25, 0.3) is 0 Å². The summed E-state index contributed by atoms with van der Waals surface area (Å²) in [7, 11) is 0. The van der Waals surface area contributed by atoms with Crippen LogP contribution < -0.4 is 5.73 Å². The standard InChI is InChI=1S/C9H13N3S2/c1-6(2)14-8-7(5-10)12-3-4-13-9(12)11-8/h3-4,6H,5,10H2,1-2H3. The van der Waals surface area contributed by atoms with E-state index in [0.29, 0.717) is 11.8 Å². The van der Waals surface area contributed by atoms with Crippen molar-refractivity contribution in [1.29, 1.82) is 0 Å². The van der Waals surface area contributed by atoms with Crippen LogP contribution >= 0.6 is 23.1 Å². The summed E-state index contributed by atoms with van der Waals surface area (Å²) in [6.45, 7) is 4.88. The van der Waals surface area contributed by atoms with Gasteiger partial charge in [-0.2, -0.15) is 0 Å². The van der Waals surface area contributed by atoms with E-state index in [0.717, 1.165) is 15.7 Å². The monoisotopic (exact) mass is 227 g/mol. The second-order valence-electron chi connectivity index (χ2n) is 3.29. The summed E-state index contributed by atoms with van der Waals surface area (Å²) in [5.41, 5.74) is 6.85. The third-order valence-electron chi connectivity index (χ3n) is 1.86. The predicted molar refractivity (Wildman–Crippen MR) is 62.0 cm³/mol. The number of hydrogen-bond acceptors (Lipinski definition) is 4. The molecule has 0 unspecified atom stereocenters. The first kappa shape index (κ1) is 10.0. The van der Waals surface area contributed by atoms with Crippen LogP contribution in [0.1, 0.15) is 19.5 Å². The summed E-state index contributed by atoms with van der Waals surface area (Å²) in [5, 5.41) is 3.66. The van der Waals surface area contributed by atoms with Crippen molar-refractivity contribution in [3.63, 3.8) is 0 Å². The van der Waals surface area contributed by atoms with Crippen molar-refractivity contribution in [1.82, 2.24) is 9.38 Å². The second-order valence-corrected chi connectivity index (χ2v) is 5.73. The van der Waals surface area contributed by atoms with E-state index >= 15 is 0 Å². The van der Waals surface area contributed by atoms with Crippen molar-refractivity contribution in [2.24, 2.45) is 5.73 Å². The summed E-state index contributed by atoms with van der Waals surface area (Å²) in [6.07, 6.45) is 2.03. The number of imidazole rings is 1. The van der Waals surface area contributed by atoms with Gasteiger partial charge in [0.1, 0.15) is 5.03 Å². The third kappa shape index (κ3) is 1.67. The van der Waals surface area contributed by atoms with Gasteiger partial charge in [-0.1, -0.05) is 13.8 Å². The topological polar surface area (TPSA) is 43.3 Å². The number of nitrogens with zero attached hydrogens (tertiary/aromatic N) is 2. The first-order valence-corrected chi connectivity index (χ1v) is 6.29. The largest absolute Gasteiger partial charge is 0.325 e. The molecule has 0 radical (unpaired) electrons. The van der Waals surface area contributed by atoms with Gasteiger partial charge in [-0.25, -0.2) is 4.98 Å². The van der Waals surface area contributed by atoms with Crippen molar-refractivity contribution >= 4 is 28.1 Å². The molecule has 0 spiro atoms. The lowest BCUT2D eigenvalue weighted by Gasteiger charge is -2.03. The molecule has 3 nitrogen and oxygen atoms in total. The SMILES string of the molecule is CC(C)Sc1nc2sccn2c1CN. The van der Waals surface area contributed by atoms with E-state index in [1.54, 1.807) is 23.1 Å². The Morgan fingerprint density at radius 1 is 1.64 bits per heavy atom. The lowest BCUT2D eigenvalue weighted by Crippen LogP contribution is -2.02. The molecule has 0 aliphatic heterocycles. The van der Waals surface area contributed by atoms with Crippen molar-refractivity contribution in [3.8, 4) is 0 Å². The zero-order valence-corrected chi connectivity index (χ0v) is 9.86. The normalized spacial score (nSPS) is 11.7. The highest BCUT2D eigenvalue weighted by atomic mass is 32.2. The van der Waals surface area contributed by atoms with Gasteiger partial charge in [-0.3, -0.25) is 4.40 Å². The summed E-state index contributed by atoms with van der Waals surface area (Å²) < 4.78 is 2.08. The fourth-order valence-corrected chi connectivity index (χ4v) is 3.01. The molecule has 0 aliphatic carbocycles. The quantitative estimate of drug-likeness (QED) is 0.819. The minimum atomic E-state index is 0.546. The van der Waals surface area contributed by atoms with Gasteiger partial charge in [0, 0.05) is 23.4 Å². The number of rotatable bonds is 3. The van der Waals surface area contributed by atoms with Gasteiger partial charge in [0.15, 0.2) is 4.96 Å². The average Bonchev–Trinajstić information content (AvgIpc) is 2.62. The molecule has 5 heteroatoms. The van der Waals surface area contributed by atoms with Crippen LogP contribution in [0.2, 0.25) is 0 Å². The zero-order chi connectivity index (χ0) is 10.1. The number of thiazole rings is 1. The molecule has 2 heterocycles. The Hall–Kier alpha value is -0.520. The van der Waals surface area contributed by atoms with Crippen LogP contribution in [0.3, 0.4) is 0 Å². The maximum Gasteiger partial charge on any atom is 0.194 e. The summed E-state index contributed by atoms with van der Waals surface area (Å²) in [6, 6.07) is 0. The summed E-state index contributed by atoms with van der Waals surface area (Å²) in [5.74, 6) is 0. The molecule has 0 aliphatic rings. The highest BCUT2D eigenvalue weighted by Gasteiger charge is 2.12. The van der Waals surface area contributed by atoms with Gasteiger partial charge >= 0.3 is 0 Å². The average molecular weight is 227 g/mol. The number of fused-ring (bicyclic) bond motifs is 1. The van der Waals surface area contributed by atoms with Crippen LogP contribution in [0.25, 0.3) is 4.96 Å². The van der Waals surface area contributed by atoms with Crippen molar-refractivity contribution < 1.29 is 0 Å². The second kappa shape index (κ2) is 3.92. The van der Waals surface area contributed by atoms with Crippen LogP contribution in [0.5, 0.6) is 0 Å². The van der Waals surface area contributed by atoms with Crippen LogP contribution in [-0.2, 0) is 6.54 Å². The molecule has 2 N–H and O–H groups in total. The Morgan fingerprint density at radius 2 is 2.43 bits per heavy atom. The number of hydrogen-bond donors (Lipinski definition) is 1. The zero-order valence-electron chi connectivity index (χ0n) is 8.23. The molecule has 2 aromatic heterocycles. The number of aromatic nitrogens is 2. The van der Waals surface area contributed by atoms with Gasteiger partial charge in [-0.15, -0.1) is 23.1 Å². The van der Waals surface area contributed by atoms with Crippen LogP contribution in [0.4, 0.5) is 0 Å². The van der Waals surface area contributed by atoms with E-state index in [1.165, 1.54) is 0 Å². The lowest BCUT2D eigenvalue weighted by molar-refractivity contribution is 0.921. The minimum Gasteiger partial charge on any atom is -0.325 e. The molecule has 2 rings (SSSR count). The Bertz CT molecular complexity index is 430. The minimum absolute atomic E-state index is 0.546. The molecule has 76 valence electrons. The van der Waals surface area contributed by atoms with E-state index < -0.39 is 0 Å². The molecule has 2 aromatic rings. The van der Waals surface area contributed by atoms with Crippen LogP contribution in [0, 0.1) is 0 Å². The van der Waals surface area contributed by atoms with Gasteiger partial charge in [0.05, 0.1) is 5.69 Å². The molecule has 0 amide bonds. The Balaban J connectivity index is 2.47. The lowest BCUT2D eigenvalue weighted by atomic mass is 10.5. The van der Waals surface area contributed by atoms with Crippen molar-refractivity contribution in [2.75, 3.05) is 0 Å². The summed E-state index contributed by atoms with van der Waals surface area (Å²) >= 11 is 3.42. The van der Waals surface area contributed by atoms with E-state index in [4.69, 9.17) is 5.73 Å². The Kier molecular flexibility index (Phi) is 2.80. The molecule has 14 heavy (non-hydrogen) atoms.